The van der Waals surface area contributed by atoms with Crippen LogP contribution in [-0.2, 0) is 24.3 Å². The van der Waals surface area contributed by atoms with Gasteiger partial charge in [0.15, 0.2) is 0 Å². The van der Waals surface area contributed by atoms with Gasteiger partial charge in [0, 0.05) is 26.2 Å². The maximum Gasteiger partial charge on any atom is 0.339 e. The van der Waals surface area contributed by atoms with Crippen molar-refractivity contribution in [1.82, 2.24) is 9.21 Å². The van der Waals surface area contributed by atoms with Crippen molar-refractivity contribution in [2.75, 3.05) is 52.3 Å². The smallest absolute Gasteiger partial charge is 0.339 e. The number of nitrogens with zero attached hydrogens (tertiary/aromatic N) is 2. The maximum absolute atomic E-state index is 12.9. The van der Waals surface area contributed by atoms with Crippen LogP contribution >= 0.6 is 0 Å². The van der Waals surface area contributed by atoms with Crippen molar-refractivity contribution in [3.63, 3.8) is 0 Å². The van der Waals surface area contributed by atoms with Gasteiger partial charge < -0.3 is 14.8 Å². The molecule has 2 aromatic carbocycles. The highest BCUT2D eigenvalue weighted by molar-refractivity contribution is 7.89. The molecular weight excluding hydrogens is 462 g/mol. The zero-order valence-electron chi connectivity index (χ0n) is 19.2. The van der Waals surface area contributed by atoms with Gasteiger partial charge in [-0.25, -0.2) is 18.0 Å². The fraction of sp³-hybridized carbons (Fsp3) is 0.348. The summed E-state index contributed by atoms with van der Waals surface area (Å²) in [4.78, 5) is 38.6. The number of benzene rings is 2. The molecular formula is C23H27N3O7S. The Balaban J connectivity index is 1.64. The molecule has 11 heteroatoms. The van der Waals surface area contributed by atoms with E-state index in [1.807, 2.05) is 11.8 Å². The van der Waals surface area contributed by atoms with Gasteiger partial charge in [0.1, 0.15) is 0 Å². The summed E-state index contributed by atoms with van der Waals surface area (Å²) in [6, 6.07) is 10.8. The molecule has 0 saturated carbocycles. The average Bonchev–Trinajstić information content (AvgIpc) is 2.83. The number of carbonyl (C=O) groups excluding carboxylic acids is 3. The van der Waals surface area contributed by atoms with E-state index in [-0.39, 0.29) is 41.3 Å². The zero-order chi connectivity index (χ0) is 24.9. The minimum absolute atomic E-state index is 0.0124. The SMILES string of the molecule is COC(=O)c1ccc(C(=O)OC)c(NC(=O)CN2CCN(S(=O)(=O)c3ccc(C)cc3)CC2)c1. The first-order chi connectivity index (χ1) is 16.1. The lowest BCUT2D eigenvalue weighted by Gasteiger charge is -2.33. The summed E-state index contributed by atoms with van der Waals surface area (Å²) in [5.74, 6) is -1.69. The molecule has 1 heterocycles. The molecule has 2 aromatic rings. The molecule has 1 N–H and O–H groups in total. The van der Waals surface area contributed by atoms with Crippen LogP contribution in [0.2, 0.25) is 0 Å². The largest absolute Gasteiger partial charge is 0.465 e. The van der Waals surface area contributed by atoms with E-state index in [1.54, 1.807) is 24.3 Å². The summed E-state index contributed by atoms with van der Waals surface area (Å²) in [6.07, 6.45) is 0. The van der Waals surface area contributed by atoms with Crippen LogP contribution in [0, 0.1) is 6.92 Å². The molecule has 1 aliphatic rings. The van der Waals surface area contributed by atoms with Crippen LogP contribution in [0.25, 0.3) is 0 Å². The lowest BCUT2D eigenvalue weighted by molar-refractivity contribution is -0.117. The summed E-state index contributed by atoms with van der Waals surface area (Å²) in [7, 11) is -1.16. The number of amides is 1. The van der Waals surface area contributed by atoms with Crippen molar-refractivity contribution in [3.05, 3.63) is 59.2 Å². The van der Waals surface area contributed by atoms with E-state index in [0.717, 1.165) is 5.56 Å². The Hall–Kier alpha value is -3.28. The van der Waals surface area contributed by atoms with Gasteiger partial charge in [-0.1, -0.05) is 17.7 Å². The second-order valence-electron chi connectivity index (χ2n) is 7.78. The third kappa shape index (κ3) is 5.79. The average molecular weight is 490 g/mol. The van der Waals surface area contributed by atoms with Crippen molar-refractivity contribution in [1.29, 1.82) is 0 Å². The van der Waals surface area contributed by atoms with Crippen molar-refractivity contribution in [2.24, 2.45) is 0 Å². The first-order valence-electron chi connectivity index (χ1n) is 10.6. The number of rotatable bonds is 7. The summed E-state index contributed by atoms with van der Waals surface area (Å²) >= 11 is 0. The fourth-order valence-corrected chi connectivity index (χ4v) is 4.98. The number of hydrogen-bond acceptors (Lipinski definition) is 8. The van der Waals surface area contributed by atoms with Crippen molar-refractivity contribution in [3.8, 4) is 0 Å². The number of aryl methyl sites for hydroxylation is 1. The standard InChI is InChI=1S/C23H27N3O7S/c1-16-4-7-18(8-5-16)34(30,31)26-12-10-25(11-13-26)15-21(27)24-20-14-17(22(28)32-2)6-9-19(20)23(29)33-3/h4-9,14H,10-13,15H2,1-3H3,(H,24,27). The van der Waals surface area contributed by atoms with Gasteiger partial charge in [0.05, 0.1) is 42.5 Å². The van der Waals surface area contributed by atoms with Crippen LogP contribution in [0.3, 0.4) is 0 Å². The van der Waals surface area contributed by atoms with Gasteiger partial charge in [-0.3, -0.25) is 9.69 Å². The van der Waals surface area contributed by atoms with Crippen LogP contribution in [-0.4, -0.2) is 82.4 Å². The Bertz CT molecular complexity index is 1170. The molecule has 34 heavy (non-hydrogen) atoms. The topological polar surface area (TPSA) is 122 Å². The molecule has 1 fully saturated rings. The van der Waals surface area contributed by atoms with E-state index < -0.39 is 27.9 Å². The van der Waals surface area contributed by atoms with Crippen molar-refractivity contribution in [2.45, 2.75) is 11.8 Å². The zero-order valence-corrected chi connectivity index (χ0v) is 20.1. The van der Waals surface area contributed by atoms with Gasteiger partial charge in [-0.2, -0.15) is 4.31 Å². The maximum atomic E-state index is 12.9. The number of piperazine rings is 1. The molecule has 1 amide bonds. The summed E-state index contributed by atoms with van der Waals surface area (Å²) < 4.78 is 36.5. The Morgan fingerprint density at radius 3 is 2.12 bits per heavy atom. The molecule has 0 aromatic heterocycles. The number of esters is 2. The molecule has 0 atom stereocenters. The Labute approximate surface area is 198 Å². The third-order valence-corrected chi connectivity index (χ3v) is 7.39. The number of sulfonamides is 1. The van der Waals surface area contributed by atoms with Crippen LogP contribution in [0.15, 0.2) is 47.4 Å². The number of hydrogen-bond donors (Lipinski definition) is 1. The van der Waals surface area contributed by atoms with E-state index in [2.05, 4.69) is 10.1 Å². The Morgan fingerprint density at radius 1 is 0.912 bits per heavy atom. The molecule has 3 rings (SSSR count). The second kappa shape index (κ2) is 10.8. The highest BCUT2D eigenvalue weighted by atomic mass is 32.2. The molecule has 0 aliphatic carbocycles. The predicted molar refractivity (Wildman–Crippen MR) is 124 cm³/mol. The second-order valence-corrected chi connectivity index (χ2v) is 9.72. The van der Waals surface area contributed by atoms with Crippen LogP contribution in [0.5, 0.6) is 0 Å². The van der Waals surface area contributed by atoms with Crippen molar-refractivity contribution < 1.29 is 32.3 Å². The molecule has 1 saturated heterocycles. The Morgan fingerprint density at radius 2 is 1.53 bits per heavy atom. The number of carbonyl (C=O) groups is 3. The number of anilines is 1. The minimum Gasteiger partial charge on any atom is -0.465 e. The first kappa shape index (κ1) is 25.3. The van der Waals surface area contributed by atoms with Crippen molar-refractivity contribution >= 4 is 33.6 Å². The summed E-state index contributed by atoms with van der Waals surface area (Å²) in [6.45, 7) is 3.10. The van der Waals surface area contributed by atoms with E-state index in [1.165, 1.54) is 36.7 Å². The van der Waals surface area contributed by atoms with Gasteiger partial charge in [-0.05, 0) is 37.3 Å². The molecule has 10 nitrogen and oxygen atoms in total. The molecule has 0 radical (unpaired) electrons. The van der Waals surface area contributed by atoms with Crippen LogP contribution < -0.4 is 5.32 Å². The molecule has 0 spiro atoms. The first-order valence-corrected chi connectivity index (χ1v) is 12.0. The molecule has 0 unspecified atom stereocenters. The minimum atomic E-state index is -3.60. The van der Waals surface area contributed by atoms with Crippen LogP contribution in [0.1, 0.15) is 26.3 Å². The highest BCUT2D eigenvalue weighted by Crippen LogP contribution is 2.21. The molecule has 0 bridgehead atoms. The van der Waals surface area contributed by atoms with Gasteiger partial charge >= 0.3 is 11.9 Å². The highest BCUT2D eigenvalue weighted by Gasteiger charge is 2.29. The Kier molecular flexibility index (Phi) is 8.02. The van der Waals surface area contributed by atoms with E-state index in [0.29, 0.717) is 13.1 Å². The lowest BCUT2D eigenvalue weighted by Crippen LogP contribution is -2.50. The monoisotopic (exact) mass is 489 g/mol. The van der Waals surface area contributed by atoms with Gasteiger partial charge in [-0.15, -0.1) is 0 Å². The summed E-state index contributed by atoms with van der Waals surface area (Å²) in [5, 5.41) is 2.64. The number of ether oxygens (including phenoxy) is 2. The molecule has 1 aliphatic heterocycles. The lowest BCUT2D eigenvalue weighted by atomic mass is 10.1. The summed E-state index contributed by atoms with van der Waals surface area (Å²) in [5.41, 5.74) is 1.36. The van der Waals surface area contributed by atoms with Gasteiger partial charge in [0.2, 0.25) is 15.9 Å². The van der Waals surface area contributed by atoms with E-state index in [9.17, 15) is 22.8 Å². The van der Waals surface area contributed by atoms with E-state index >= 15 is 0 Å². The van der Waals surface area contributed by atoms with Gasteiger partial charge in [0.25, 0.3) is 0 Å². The molecule has 182 valence electrons. The third-order valence-electron chi connectivity index (χ3n) is 5.48. The normalized spacial score (nSPS) is 14.9. The number of nitrogens with one attached hydrogen (secondary N) is 1. The fourth-order valence-electron chi connectivity index (χ4n) is 3.56. The van der Waals surface area contributed by atoms with E-state index in [4.69, 9.17) is 4.74 Å². The quantitative estimate of drug-likeness (QED) is 0.581. The van der Waals surface area contributed by atoms with Crippen LogP contribution in [0.4, 0.5) is 5.69 Å². The number of methoxy groups -OCH3 is 2. The predicted octanol–water partition coefficient (Wildman–Crippen LogP) is 1.51.